The Balaban J connectivity index is 0. The second kappa shape index (κ2) is 13.8. The van der Waals surface area contributed by atoms with Gasteiger partial charge >= 0.3 is 59.1 Å². The zero-order valence-electron chi connectivity index (χ0n) is 14.5. The molecular weight excluding hydrogens is 322 g/mol. The maximum absolute atomic E-state index is 11.1. The Kier molecular flexibility index (Phi) is 15.4. The number of amidine groups is 1. The summed E-state index contributed by atoms with van der Waals surface area (Å²) in [4.78, 5) is 25.8. The summed E-state index contributed by atoms with van der Waals surface area (Å²) in [5.41, 5.74) is 0. The number of hydrogen-bond acceptors (Lipinski definition) is 6. The minimum absolute atomic E-state index is 0. The van der Waals surface area contributed by atoms with E-state index in [9.17, 15) is 19.8 Å². The van der Waals surface area contributed by atoms with E-state index < -0.39 is 18.5 Å². The van der Waals surface area contributed by atoms with Crippen molar-refractivity contribution < 1.29 is 88.1 Å². The van der Waals surface area contributed by atoms with Crippen molar-refractivity contribution >= 4 is 17.8 Å². The Hall–Kier alpha value is 0.530. The largest absolute Gasteiger partial charge is 1.00 e. The number of quaternary nitrogens is 1. The number of carboxylic acid groups (broad SMARTS) is 2. The van der Waals surface area contributed by atoms with E-state index in [2.05, 4.69) is 11.9 Å². The summed E-state index contributed by atoms with van der Waals surface area (Å²) in [6.45, 7) is 3.24. The van der Waals surface area contributed by atoms with Crippen molar-refractivity contribution in [3.63, 3.8) is 0 Å². The van der Waals surface area contributed by atoms with Crippen LogP contribution in [0.25, 0.3) is 0 Å². The van der Waals surface area contributed by atoms with E-state index in [-0.39, 0.29) is 76.7 Å². The first-order valence-corrected chi connectivity index (χ1v) is 7.37. The molecule has 1 unspecified atom stereocenters. The summed E-state index contributed by atoms with van der Waals surface area (Å²) in [6.07, 6.45) is 3.90. The number of aliphatic carboxylic acids is 2. The molecule has 1 heterocycles. The summed E-state index contributed by atoms with van der Waals surface area (Å²) >= 11 is 0. The van der Waals surface area contributed by atoms with E-state index in [0.717, 1.165) is 31.5 Å². The molecule has 9 heteroatoms. The SMILES string of the molecule is CCCCCC1=NCC[N+]1(CCOCC(=O)[O-])CC(=O)[O-].[Na+].[Na+]. The van der Waals surface area contributed by atoms with Crippen LogP contribution >= 0.6 is 0 Å². The summed E-state index contributed by atoms with van der Waals surface area (Å²) in [7, 11) is 0. The van der Waals surface area contributed by atoms with Crippen LogP contribution in [-0.2, 0) is 14.3 Å². The molecule has 1 atom stereocenters. The fourth-order valence-corrected chi connectivity index (χ4v) is 2.63. The van der Waals surface area contributed by atoms with Crippen LogP contribution in [-0.4, -0.2) is 61.7 Å². The van der Waals surface area contributed by atoms with Crippen molar-refractivity contribution in [2.45, 2.75) is 32.6 Å². The van der Waals surface area contributed by atoms with Gasteiger partial charge in [-0.3, -0.25) is 4.48 Å². The number of carbonyl (C=O) groups is 2. The Morgan fingerprint density at radius 3 is 2.48 bits per heavy atom. The molecule has 0 aromatic carbocycles. The average Bonchev–Trinajstić information content (AvgIpc) is 2.77. The number of carbonyl (C=O) groups excluding carboxylic acids is 2. The first-order valence-electron chi connectivity index (χ1n) is 7.37. The predicted molar refractivity (Wildman–Crippen MR) is 72.1 cm³/mol. The molecule has 0 saturated carbocycles. The van der Waals surface area contributed by atoms with Crippen LogP contribution < -0.4 is 69.3 Å². The van der Waals surface area contributed by atoms with Crippen molar-refractivity contribution in [1.29, 1.82) is 0 Å². The monoisotopic (exact) mass is 345 g/mol. The molecule has 0 aliphatic carbocycles. The van der Waals surface area contributed by atoms with Gasteiger partial charge in [0.15, 0.2) is 5.84 Å². The Morgan fingerprint density at radius 1 is 1.22 bits per heavy atom. The normalized spacial score (nSPS) is 19.4. The van der Waals surface area contributed by atoms with Crippen molar-refractivity contribution in [3.8, 4) is 0 Å². The fourth-order valence-electron chi connectivity index (χ4n) is 2.63. The first-order chi connectivity index (χ1) is 10.00. The smallest absolute Gasteiger partial charge is 0.548 e. The fraction of sp³-hybridized carbons (Fsp3) is 0.786. The maximum atomic E-state index is 11.1. The van der Waals surface area contributed by atoms with Gasteiger partial charge in [0.1, 0.15) is 19.6 Å². The maximum Gasteiger partial charge on any atom is 1.00 e. The third kappa shape index (κ3) is 9.55. The van der Waals surface area contributed by atoms with Crippen molar-refractivity contribution in [1.82, 2.24) is 0 Å². The van der Waals surface area contributed by atoms with Gasteiger partial charge in [-0.05, 0) is 6.42 Å². The number of rotatable bonds is 11. The standard InChI is InChI=1S/C14H24N2O5.2Na/c1-2-3-4-5-12-15-6-7-16(12,10-13(17)18)8-9-21-11-14(19)20;;/h2-11H2,1H3,(H-,17,18,19,20);;/q;2*+1/p-1. The predicted octanol–water partition coefficient (Wildman–Crippen LogP) is -7.68. The van der Waals surface area contributed by atoms with Gasteiger partial charge in [0.2, 0.25) is 0 Å². The van der Waals surface area contributed by atoms with E-state index in [4.69, 9.17) is 4.74 Å². The Bertz CT molecular complexity index is 407. The summed E-state index contributed by atoms with van der Waals surface area (Å²) in [6, 6.07) is 0. The average molecular weight is 345 g/mol. The van der Waals surface area contributed by atoms with Crippen LogP contribution in [0.1, 0.15) is 32.6 Å². The molecule has 0 fully saturated rings. The van der Waals surface area contributed by atoms with E-state index in [1.165, 1.54) is 0 Å². The van der Waals surface area contributed by atoms with E-state index in [0.29, 0.717) is 19.6 Å². The van der Waals surface area contributed by atoms with Gasteiger partial charge in [-0.2, -0.15) is 0 Å². The minimum Gasteiger partial charge on any atom is -0.548 e. The number of ether oxygens (including phenoxy) is 1. The van der Waals surface area contributed by atoms with Gasteiger partial charge in [0.05, 0.1) is 31.7 Å². The molecule has 0 radical (unpaired) electrons. The van der Waals surface area contributed by atoms with Crippen molar-refractivity contribution in [2.75, 3.05) is 39.4 Å². The molecule has 1 aliphatic rings. The Morgan fingerprint density at radius 2 is 1.91 bits per heavy atom. The molecule has 0 aromatic rings. The zero-order chi connectivity index (χ0) is 15.7. The minimum atomic E-state index is -1.28. The number of hydrogen-bond donors (Lipinski definition) is 0. The number of unbranched alkanes of at least 4 members (excludes halogenated alkanes) is 2. The van der Waals surface area contributed by atoms with E-state index in [1.54, 1.807) is 0 Å². The first kappa shape index (κ1) is 25.8. The van der Waals surface area contributed by atoms with E-state index >= 15 is 0 Å². The van der Waals surface area contributed by atoms with Gasteiger partial charge in [0.25, 0.3) is 0 Å². The van der Waals surface area contributed by atoms with Gasteiger partial charge in [-0.15, -0.1) is 0 Å². The molecular formula is C14H23N2Na2O5+. The van der Waals surface area contributed by atoms with Crippen molar-refractivity contribution in [3.05, 3.63) is 0 Å². The third-order valence-corrected chi connectivity index (χ3v) is 3.69. The third-order valence-electron chi connectivity index (χ3n) is 3.69. The molecule has 0 N–H and O–H groups in total. The van der Waals surface area contributed by atoms with Crippen LogP contribution in [0.3, 0.4) is 0 Å². The van der Waals surface area contributed by atoms with Crippen LogP contribution in [0.15, 0.2) is 4.99 Å². The molecule has 120 valence electrons. The second-order valence-corrected chi connectivity index (χ2v) is 5.30. The summed E-state index contributed by atoms with van der Waals surface area (Å²) < 4.78 is 5.21. The van der Waals surface area contributed by atoms with Crippen LogP contribution in [0, 0.1) is 0 Å². The zero-order valence-corrected chi connectivity index (χ0v) is 18.5. The molecule has 0 saturated heterocycles. The second-order valence-electron chi connectivity index (χ2n) is 5.30. The molecule has 1 aliphatic heterocycles. The number of aliphatic imine (C=N–C) groups is 1. The molecule has 0 amide bonds. The van der Waals surface area contributed by atoms with Gasteiger partial charge in [0, 0.05) is 6.42 Å². The number of carboxylic acids is 2. The summed E-state index contributed by atoms with van der Waals surface area (Å²) in [5.74, 6) is -1.54. The summed E-state index contributed by atoms with van der Waals surface area (Å²) in [5, 5.41) is 21.4. The quantitative estimate of drug-likeness (QED) is 0.210. The molecule has 1 rings (SSSR count). The molecule has 7 nitrogen and oxygen atoms in total. The van der Waals surface area contributed by atoms with Gasteiger partial charge in [-0.1, -0.05) is 19.8 Å². The van der Waals surface area contributed by atoms with Crippen LogP contribution in [0.4, 0.5) is 0 Å². The molecule has 0 aromatic heterocycles. The van der Waals surface area contributed by atoms with Crippen LogP contribution in [0.2, 0.25) is 0 Å². The van der Waals surface area contributed by atoms with E-state index in [1.807, 2.05) is 0 Å². The molecule has 23 heavy (non-hydrogen) atoms. The number of nitrogens with zero attached hydrogens (tertiary/aromatic N) is 2. The van der Waals surface area contributed by atoms with Gasteiger partial charge < -0.3 is 24.5 Å². The molecule has 0 bridgehead atoms. The topological polar surface area (TPSA) is 102 Å². The Labute approximate surface area is 181 Å². The van der Waals surface area contributed by atoms with Crippen molar-refractivity contribution in [2.24, 2.45) is 4.99 Å². The molecule has 0 spiro atoms. The van der Waals surface area contributed by atoms with Gasteiger partial charge in [-0.25, -0.2) is 4.99 Å². The van der Waals surface area contributed by atoms with Crippen LogP contribution in [0.5, 0.6) is 0 Å².